The number of carbonyl (C=O) groups excluding carboxylic acids is 1. The molecule has 0 saturated heterocycles. The van der Waals surface area contributed by atoms with Crippen molar-refractivity contribution in [2.75, 3.05) is 32.5 Å². The number of amides is 1. The van der Waals surface area contributed by atoms with E-state index in [2.05, 4.69) is 35.9 Å². The molecule has 0 unspecified atom stereocenters. The number of anilines is 1. The number of alkyl carbamates (subject to hydrolysis) is 1. The zero-order valence-electron chi connectivity index (χ0n) is 17.1. The number of fused-ring (bicyclic) bond motifs is 3. The molecular weight excluding hydrogens is 384 g/mol. The summed E-state index contributed by atoms with van der Waals surface area (Å²) in [6, 6.07) is 7.63. The van der Waals surface area contributed by atoms with Crippen molar-refractivity contribution < 1.29 is 9.53 Å². The smallest absolute Gasteiger partial charge is 0.407 e. The van der Waals surface area contributed by atoms with Crippen LogP contribution in [0.2, 0.25) is 0 Å². The first kappa shape index (κ1) is 19.6. The molecule has 4 heterocycles. The van der Waals surface area contributed by atoms with Crippen LogP contribution in [0.4, 0.5) is 10.6 Å². The van der Waals surface area contributed by atoms with Crippen LogP contribution in [-0.4, -0.2) is 57.8 Å². The molecule has 0 saturated carbocycles. The first-order valence-electron chi connectivity index (χ1n) is 9.63. The van der Waals surface area contributed by atoms with E-state index in [-0.39, 0.29) is 6.61 Å². The van der Waals surface area contributed by atoms with Crippen LogP contribution >= 0.6 is 0 Å². The maximum absolute atomic E-state index is 11.7. The van der Waals surface area contributed by atoms with Crippen LogP contribution in [0, 0.1) is 0 Å². The Hall–Kier alpha value is -3.66. The van der Waals surface area contributed by atoms with Crippen LogP contribution in [0.5, 0.6) is 0 Å². The Morgan fingerprint density at radius 1 is 1.23 bits per heavy atom. The van der Waals surface area contributed by atoms with E-state index in [1.807, 2.05) is 50.0 Å². The third-order valence-electron chi connectivity index (χ3n) is 4.75. The van der Waals surface area contributed by atoms with Gasteiger partial charge in [-0.15, -0.1) is 0 Å². The Labute approximate surface area is 173 Å². The molecule has 0 aromatic carbocycles. The number of likely N-dealkylation sites (N-methyl/N-ethyl adjacent to an activating group) is 1. The minimum Gasteiger partial charge on any atom is -0.443 e. The van der Waals surface area contributed by atoms with E-state index < -0.39 is 6.09 Å². The van der Waals surface area contributed by atoms with Gasteiger partial charge in [0.1, 0.15) is 17.8 Å². The fourth-order valence-corrected chi connectivity index (χ4v) is 3.30. The van der Waals surface area contributed by atoms with E-state index in [0.29, 0.717) is 24.6 Å². The molecule has 0 aliphatic heterocycles. The highest BCUT2D eigenvalue weighted by Gasteiger charge is 2.15. The molecule has 0 bridgehead atoms. The molecule has 0 aliphatic carbocycles. The number of H-pyrrole nitrogens is 1. The number of rotatable bonds is 7. The summed E-state index contributed by atoms with van der Waals surface area (Å²) in [4.78, 5) is 28.8. The number of aromatic nitrogens is 5. The van der Waals surface area contributed by atoms with Gasteiger partial charge in [0.15, 0.2) is 5.82 Å². The number of aromatic amines is 1. The predicted octanol–water partition coefficient (Wildman–Crippen LogP) is 2.00. The zero-order chi connectivity index (χ0) is 21.1. The van der Waals surface area contributed by atoms with Gasteiger partial charge in [-0.2, -0.15) is 0 Å². The molecule has 4 aromatic heterocycles. The number of carbonyl (C=O) groups is 1. The van der Waals surface area contributed by atoms with Gasteiger partial charge in [-0.05, 0) is 25.2 Å². The Bertz CT molecular complexity index is 1200. The first-order chi connectivity index (χ1) is 14.6. The molecule has 4 N–H and O–H groups in total. The molecule has 30 heavy (non-hydrogen) atoms. The number of nitrogens with zero attached hydrogens (tertiary/aromatic N) is 4. The van der Waals surface area contributed by atoms with E-state index >= 15 is 0 Å². The van der Waals surface area contributed by atoms with Gasteiger partial charge in [-0.25, -0.2) is 19.7 Å². The minimum atomic E-state index is -0.467. The summed E-state index contributed by atoms with van der Waals surface area (Å²) < 4.78 is 7.21. The van der Waals surface area contributed by atoms with Gasteiger partial charge in [0.25, 0.3) is 0 Å². The van der Waals surface area contributed by atoms with Gasteiger partial charge < -0.3 is 30.2 Å². The molecule has 0 atom stereocenters. The maximum Gasteiger partial charge on any atom is 0.407 e. The summed E-state index contributed by atoms with van der Waals surface area (Å²) >= 11 is 0. The van der Waals surface area contributed by atoms with Gasteiger partial charge in [-0.1, -0.05) is 6.07 Å². The van der Waals surface area contributed by atoms with Gasteiger partial charge in [-0.3, -0.25) is 0 Å². The highest BCUT2D eigenvalue weighted by Crippen LogP contribution is 2.31. The minimum absolute atomic E-state index is 0.0909. The Kier molecular flexibility index (Phi) is 5.48. The summed E-state index contributed by atoms with van der Waals surface area (Å²) in [5.74, 6) is 0.714. The summed E-state index contributed by atoms with van der Waals surface area (Å²) in [6.45, 7) is 1.27. The molecule has 0 aliphatic rings. The monoisotopic (exact) mass is 408 g/mol. The Morgan fingerprint density at radius 3 is 2.90 bits per heavy atom. The number of nitrogens with one attached hydrogen (secondary N) is 4. The molecule has 10 heteroatoms. The molecule has 156 valence electrons. The largest absolute Gasteiger partial charge is 0.443 e. The van der Waals surface area contributed by atoms with Crippen LogP contribution in [0.25, 0.3) is 33.5 Å². The summed E-state index contributed by atoms with van der Waals surface area (Å²) in [5, 5.41) is 9.68. The second-order valence-electron chi connectivity index (χ2n) is 6.83. The van der Waals surface area contributed by atoms with Crippen molar-refractivity contribution in [2.45, 2.75) is 6.61 Å². The normalized spacial score (nSPS) is 11.2. The standard InChI is InChI=1S/C20H24N8O2/c1-21-7-8-23-20(29)30-10-12-5-4-6-14(25-12)15-9-13-17-16(24-11-28(17)3)19(22-2)27-18(13)26-15/h4-6,9,11,21H,7-8,10H2,1-3H3,(H,23,29)(H2,22,26,27). The first-order valence-corrected chi connectivity index (χ1v) is 9.63. The third-order valence-corrected chi connectivity index (χ3v) is 4.75. The lowest BCUT2D eigenvalue weighted by Gasteiger charge is -2.07. The van der Waals surface area contributed by atoms with Crippen LogP contribution in [0.3, 0.4) is 0 Å². The lowest BCUT2D eigenvalue weighted by molar-refractivity contribution is 0.138. The van der Waals surface area contributed by atoms with Crippen molar-refractivity contribution in [1.29, 1.82) is 0 Å². The van der Waals surface area contributed by atoms with Crippen molar-refractivity contribution in [2.24, 2.45) is 7.05 Å². The van der Waals surface area contributed by atoms with E-state index in [9.17, 15) is 4.79 Å². The van der Waals surface area contributed by atoms with E-state index in [4.69, 9.17) is 4.74 Å². The average molecular weight is 408 g/mol. The quantitative estimate of drug-likeness (QED) is 0.345. The van der Waals surface area contributed by atoms with Crippen molar-refractivity contribution in [3.05, 3.63) is 36.3 Å². The van der Waals surface area contributed by atoms with E-state index in [1.54, 1.807) is 6.33 Å². The fraction of sp³-hybridized carbons (Fsp3) is 0.300. The second-order valence-corrected chi connectivity index (χ2v) is 6.83. The van der Waals surface area contributed by atoms with Crippen LogP contribution < -0.4 is 16.0 Å². The molecule has 4 rings (SSSR count). The van der Waals surface area contributed by atoms with Gasteiger partial charge in [0.2, 0.25) is 0 Å². The van der Waals surface area contributed by atoms with E-state index in [0.717, 1.165) is 33.5 Å². The third kappa shape index (κ3) is 3.77. The van der Waals surface area contributed by atoms with Crippen molar-refractivity contribution >= 4 is 34.0 Å². The highest BCUT2D eigenvalue weighted by atomic mass is 16.5. The molecular formula is C20H24N8O2. The predicted molar refractivity (Wildman–Crippen MR) is 115 cm³/mol. The summed E-state index contributed by atoms with van der Waals surface area (Å²) in [6.07, 6.45) is 1.31. The van der Waals surface area contributed by atoms with Gasteiger partial charge >= 0.3 is 6.09 Å². The van der Waals surface area contributed by atoms with E-state index in [1.165, 1.54) is 0 Å². The number of pyridine rings is 2. The zero-order valence-corrected chi connectivity index (χ0v) is 17.1. The molecule has 1 amide bonds. The number of ether oxygens (including phenoxy) is 1. The van der Waals surface area contributed by atoms with Crippen molar-refractivity contribution in [1.82, 2.24) is 35.1 Å². The summed E-state index contributed by atoms with van der Waals surface area (Å²) in [7, 11) is 5.60. The highest BCUT2D eigenvalue weighted by molar-refractivity contribution is 6.07. The maximum atomic E-state index is 11.7. The lowest BCUT2D eigenvalue weighted by atomic mass is 10.2. The number of aryl methyl sites for hydroxylation is 1. The Balaban J connectivity index is 1.60. The average Bonchev–Trinajstić information content (AvgIpc) is 3.35. The molecule has 0 spiro atoms. The number of hydrogen-bond donors (Lipinski definition) is 4. The number of imidazole rings is 1. The van der Waals surface area contributed by atoms with Crippen molar-refractivity contribution in [3.63, 3.8) is 0 Å². The number of hydrogen-bond acceptors (Lipinski definition) is 7. The second kappa shape index (κ2) is 8.37. The molecule has 0 radical (unpaired) electrons. The summed E-state index contributed by atoms with van der Waals surface area (Å²) in [5.41, 5.74) is 4.78. The molecule has 0 fully saturated rings. The van der Waals surface area contributed by atoms with Crippen molar-refractivity contribution in [3.8, 4) is 11.4 Å². The SMILES string of the molecule is CNCCNC(=O)OCc1cccc(-c2cc3c(nc(NC)c4ncn(C)c43)[nH]2)n1. The van der Waals surface area contributed by atoms with Gasteiger partial charge in [0, 0.05) is 32.6 Å². The fourth-order valence-electron chi connectivity index (χ4n) is 3.30. The molecule has 4 aromatic rings. The molecule has 10 nitrogen and oxygen atoms in total. The van der Waals surface area contributed by atoms with Crippen LogP contribution in [0.15, 0.2) is 30.6 Å². The van der Waals surface area contributed by atoms with Crippen LogP contribution in [-0.2, 0) is 18.4 Å². The topological polar surface area (TPSA) is 122 Å². The Morgan fingerprint density at radius 2 is 2.10 bits per heavy atom. The van der Waals surface area contributed by atoms with Gasteiger partial charge in [0.05, 0.1) is 28.9 Å². The lowest BCUT2D eigenvalue weighted by Crippen LogP contribution is -2.30. The van der Waals surface area contributed by atoms with Crippen LogP contribution in [0.1, 0.15) is 5.69 Å².